The van der Waals surface area contributed by atoms with Crippen LogP contribution >= 0.6 is 0 Å². The fraction of sp³-hybridized carbons (Fsp3) is 0.533. The van der Waals surface area contributed by atoms with Crippen molar-refractivity contribution in [1.82, 2.24) is 10.2 Å². The second-order valence-corrected chi connectivity index (χ2v) is 5.43. The molecule has 1 saturated heterocycles. The average Bonchev–Trinajstić information content (AvgIpc) is 2.42. The van der Waals surface area contributed by atoms with Crippen LogP contribution in [0.25, 0.3) is 0 Å². The summed E-state index contributed by atoms with van der Waals surface area (Å²) < 4.78 is 13.4. The number of hydrogen-bond donors (Lipinski definition) is 2. The fourth-order valence-electron chi connectivity index (χ4n) is 2.43. The van der Waals surface area contributed by atoms with Gasteiger partial charge in [0.05, 0.1) is 5.69 Å². The van der Waals surface area contributed by atoms with Gasteiger partial charge in [-0.2, -0.15) is 0 Å². The Morgan fingerprint density at radius 1 is 1.45 bits per heavy atom. The standard InChI is InChI=1S/C15H22FN3O/c1-11-10-19(12(2)9-17-11)8-7-15(20)18-14-6-4-3-5-13(14)16/h3-6,11-12,17H,7-10H2,1-2H3,(H,18,20). The summed E-state index contributed by atoms with van der Waals surface area (Å²) >= 11 is 0. The second kappa shape index (κ2) is 6.81. The molecule has 0 spiro atoms. The van der Waals surface area contributed by atoms with E-state index in [1.165, 1.54) is 6.07 Å². The Labute approximate surface area is 119 Å². The summed E-state index contributed by atoms with van der Waals surface area (Å²) in [7, 11) is 0. The molecular weight excluding hydrogens is 257 g/mol. The molecule has 5 heteroatoms. The van der Waals surface area contributed by atoms with E-state index in [2.05, 4.69) is 29.4 Å². The molecule has 1 amide bonds. The molecule has 1 aromatic carbocycles. The van der Waals surface area contributed by atoms with E-state index in [0.717, 1.165) is 13.1 Å². The number of amides is 1. The molecule has 0 saturated carbocycles. The smallest absolute Gasteiger partial charge is 0.225 e. The number of nitrogens with one attached hydrogen (secondary N) is 2. The largest absolute Gasteiger partial charge is 0.324 e. The van der Waals surface area contributed by atoms with Gasteiger partial charge in [-0.3, -0.25) is 9.69 Å². The normalized spacial score (nSPS) is 23.6. The topological polar surface area (TPSA) is 44.4 Å². The lowest BCUT2D eigenvalue weighted by Gasteiger charge is -2.37. The van der Waals surface area contributed by atoms with E-state index in [1.54, 1.807) is 18.2 Å². The summed E-state index contributed by atoms with van der Waals surface area (Å²) in [5, 5.41) is 6.02. The quantitative estimate of drug-likeness (QED) is 0.884. The highest BCUT2D eigenvalue weighted by molar-refractivity contribution is 5.90. The van der Waals surface area contributed by atoms with Gasteiger partial charge < -0.3 is 10.6 Å². The highest BCUT2D eigenvalue weighted by atomic mass is 19.1. The number of carbonyl (C=O) groups excluding carboxylic acids is 1. The highest BCUT2D eigenvalue weighted by Crippen LogP contribution is 2.13. The molecule has 1 fully saturated rings. The third-order valence-electron chi connectivity index (χ3n) is 3.67. The Balaban J connectivity index is 1.82. The Morgan fingerprint density at radius 3 is 2.95 bits per heavy atom. The number of anilines is 1. The minimum Gasteiger partial charge on any atom is -0.324 e. The lowest BCUT2D eigenvalue weighted by molar-refractivity contribution is -0.116. The van der Waals surface area contributed by atoms with Gasteiger partial charge in [-0.1, -0.05) is 12.1 Å². The van der Waals surface area contributed by atoms with Crippen LogP contribution in [0.5, 0.6) is 0 Å². The van der Waals surface area contributed by atoms with Crippen LogP contribution < -0.4 is 10.6 Å². The van der Waals surface area contributed by atoms with Crippen molar-refractivity contribution in [2.24, 2.45) is 0 Å². The molecule has 2 unspecified atom stereocenters. The number of piperazine rings is 1. The van der Waals surface area contributed by atoms with Gasteiger partial charge in [0, 0.05) is 38.1 Å². The number of nitrogens with zero attached hydrogens (tertiary/aromatic N) is 1. The number of rotatable bonds is 4. The molecule has 1 aliphatic heterocycles. The zero-order valence-electron chi connectivity index (χ0n) is 12.0. The molecule has 0 aliphatic carbocycles. The zero-order chi connectivity index (χ0) is 14.5. The average molecular weight is 279 g/mol. The van der Waals surface area contributed by atoms with Crippen molar-refractivity contribution in [3.63, 3.8) is 0 Å². The minimum atomic E-state index is -0.398. The summed E-state index contributed by atoms with van der Waals surface area (Å²) in [5.41, 5.74) is 0.249. The molecule has 2 rings (SSSR count). The molecule has 20 heavy (non-hydrogen) atoms. The van der Waals surface area contributed by atoms with Crippen molar-refractivity contribution in [2.45, 2.75) is 32.4 Å². The zero-order valence-corrected chi connectivity index (χ0v) is 12.0. The maximum atomic E-state index is 13.4. The first kappa shape index (κ1) is 14.9. The first-order chi connectivity index (χ1) is 9.56. The van der Waals surface area contributed by atoms with Crippen molar-refractivity contribution in [3.05, 3.63) is 30.1 Å². The van der Waals surface area contributed by atoms with Crippen LogP contribution in [0.3, 0.4) is 0 Å². The van der Waals surface area contributed by atoms with E-state index >= 15 is 0 Å². The van der Waals surface area contributed by atoms with Gasteiger partial charge in [-0.05, 0) is 26.0 Å². The van der Waals surface area contributed by atoms with Crippen molar-refractivity contribution in [2.75, 3.05) is 25.0 Å². The van der Waals surface area contributed by atoms with Crippen molar-refractivity contribution < 1.29 is 9.18 Å². The van der Waals surface area contributed by atoms with E-state index in [4.69, 9.17) is 0 Å². The number of benzene rings is 1. The van der Waals surface area contributed by atoms with Crippen LogP contribution in [0.1, 0.15) is 20.3 Å². The predicted octanol–water partition coefficient (Wildman–Crippen LogP) is 1.84. The Kier molecular flexibility index (Phi) is 5.09. The fourth-order valence-corrected chi connectivity index (χ4v) is 2.43. The van der Waals surface area contributed by atoms with E-state index in [1.807, 2.05) is 0 Å². The van der Waals surface area contributed by atoms with E-state index in [-0.39, 0.29) is 11.6 Å². The Morgan fingerprint density at radius 2 is 2.20 bits per heavy atom. The van der Waals surface area contributed by atoms with Crippen LogP contribution in [0.4, 0.5) is 10.1 Å². The molecule has 0 bridgehead atoms. The maximum Gasteiger partial charge on any atom is 0.225 e. The number of carbonyl (C=O) groups is 1. The Bertz CT molecular complexity index is 466. The van der Waals surface area contributed by atoms with E-state index < -0.39 is 5.82 Å². The van der Waals surface area contributed by atoms with Crippen molar-refractivity contribution >= 4 is 11.6 Å². The summed E-state index contributed by atoms with van der Waals surface area (Å²) in [6.45, 7) is 6.86. The minimum absolute atomic E-state index is 0.145. The molecule has 2 atom stereocenters. The molecule has 0 radical (unpaired) electrons. The van der Waals surface area contributed by atoms with Crippen LogP contribution in [-0.4, -0.2) is 42.5 Å². The van der Waals surface area contributed by atoms with Crippen LogP contribution in [0, 0.1) is 5.82 Å². The van der Waals surface area contributed by atoms with E-state index in [9.17, 15) is 9.18 Å². The third kappa shape index (κ3) is 4.02. The van der Waals surface area contributed by atoms with Gasteiger partial charge in [-0.15, -0.1) is 0 Å². The van der Waals surface area contributed by atoms with Gasteiger partial charge in [0.1, 0.15) is 5.82 Å². The number of hydrogen-bond acceptors (Lipinski definition) is 3. The van der Waals surface area contributed by atoms with Crippen LogP contribution in [-0.2, 0) is 4.79 Å². The van der Waals surface area contributed by atoms with Crippen LogP contribution in [0.15, 0.2) is 24.3 Å². The molecule has 2 N–H and O–H groups in total. The first-order valence-corrected chi connectivity index (χ1v) is 7.08. The van der Waals surface area contributed by atoms with Gasteiger partial charge in [0.2, 0.25) is 5.91 Å². The number of para-hydroxylation sites is 1. The second-order valence-electron chi connectivity index (χ2n) is 5.43. The molecular formula is C15H22FN3O. The van der Waals surface area contributed by atoms with Crippen molar-refractivity contribution in [3.8, 4) is 0 Å². The summed E-state index contributed by atoms with van der Waals surface area (Å²) in [6.07, 6.45) is 0.380. The molecule has 1 aromatic rings. The molecule has 0 aromatic heterocycles. The summed E-state index contributed by atoms with van der Waals surface area (Å²) in [5.74, 6) is -0.543. The lowest BCUT2D eigenvalue weighted by atomic mass is 10.1. The van der Waals surface area contributed by atoms with Crippen LogP contribution in [0.2, 0.25) is 0 Å². The molecule has 4 nitrogen and oxygen atoms in total. The summed E-state index contributed by atoms with van der Waals surface area (Å²) in [4.78, 5) is 14.2. The molecule has 110 valence electrons. The molecule has 1 aliphatic rings. The van der Waals surface area contributed by atoms with Gasteiger partial charge in [-0.25, -0.2) is 4.39 Å². The third-order valence-corrected chi connectivity index (χ3v) is 3.67. The number of halogens is 1. The van der Waals surface area contributed by atoms with Crippen molar-refractivity contribution in [1.29, 1.82) is 0 Å². The molecule has 1 heterocycles. The highest BCUT2D eigenvalue weighted by Gasteiger charge is 2.22. The van der Waals surface area contributed by atoms with Gasteiger partial charge in [0.15, 0.2) is 0 Å². The summed E-state index contributed by atoms with van der Waals surface area (Å²) in [6, 6.07) is 7.10. The van der Waals surface area contributed by atoms with E-state index in [0.29, 0.717) is 25.0 Å². The first-order valence-electron chi connectivity index (χ1n) is 7.08. The predicted molar refractivity (Wildman–Crippen MR) is 78.1 cm³/mol. The lowest BCUT2D eigenvalue weighted by Crippen LogP contribution is -2.54. The van der Waals surface area contributed by atoms with Gasteiger partial charge in [0.25, 0.3) is 0 Å². The SMILES string of the molecule is CC1CN(CCC(=O)Nc2ccccc2F)C(C)CN1. The van der Waals surface area contributed by atoms with Gasteiger partial charge >= 0.3 is 0 Å². The Hall–Kier alpha value is -1.46. The maximum absolute atomic E-state index is 13.4. The monoisotopic (exact) mass is 279 g/mol.